The van der Waals surface area contributed by atoms with Gasteiger partial charge in [0.25, 0.3) is 0 Å². The van der Waals surface area contributed by atoms with E-state index in [9.17, 15) is 13.0 Å². The van der Waals surface area contributed by atoms with E-state index in [1.807, 2.05) is 6.92 Å². The Bertz CT molecular complexity index is 215. The first-order valence-electron chi connectivity index (χ1n) is 4.63. The molecular formula is C8H17NaO4S. The van der Waals surface area contributed by atoms with Crippen LogP contribution >= 0.6 is 0 Å². The standard InChI is InChI=1S/C8H18O4S.Na/c1-3-5-6-7-8(4-2)12-13(9,10)11;/h8H,3-7H2,1-2H3,(H,9,10,11);/q;+1/p-1. The Hall–Kier alpha value is 0.870. The molecule has 0 aliphatic heterocycles. The summed E-state index contributed by atoms with van der Waals surface area (Å²) >= 11 is 0. The summed E-state index contributed by atoms with van der Waals surface area (Å²) in [5.41, 5.74) is 0. The van der Waals surface area contributed by atoms with Crippen LogP contribution in [0.15, 0.2) is 0 Å². The summed E-state index contributed by atoms with van der Waals surface area (Å²) in [5, 5.41) is 0. The fourth-order valence-electron chi connectivity index (χ4n) is 1.11. The minimum Gasteiger partial charge on any atom is -0.726 e. The fourth-order valence-corrected chi connectivity index (χ4v) is 1.67. The van der Waals surface area contributed by atoms with Crippen LogP contribution in [0, 0.1) is 0 Å². The summed E-state index contributed by atoms with van der Waals surface area (Å²) in [6, 6.07) is 0. The first kappa shape index (κ1) is 17.3. The van der Waals surface area contributed by atoms with Crippen molar-refractivity contribution in [2.24, 2.45) is 0 Å². The smallest absolute Gasteiger partial charge is 0.726 e. The molecule has 0 spiro atoms. The van der Waals surface area contributed by atoms with E-state index in [1.54, 1.807) is 0 Å². The summed E-state index contributed by atoms with van der Waals surface area (Å²) in [6.45, 7) is 3.87. The second kappa shape index (κ2) is 9.12. The topological polar surface area (TPSA) is 66.4 Å². The number of hydrogen-bond acceptors (Lipinski definition) is 4. The van der Waals surface area contributed by atoms with Crippen LogP contribution in [-0.2, 0) is 14.6 Å². The second-order valence-electron chi connectivity index (χ2n) is 3.03. The molecule has 0 saturated carbocycles. The van der Waals surface area contributed by atoms with Gasteiger partial charge in [0, 0.05) is 0 Å². The van der Waals surface area contributed by atoms with Crippen LogP contribution in [-0.4, -0.2) is 19.1 Å². The Labute approximate surface area is 109 Å². The third kappa shape index (κ3) is 10.9. The van der Waals surface area contributed by atoms with Gasteiger partial charge < -0.3 is 4.55 Å². The molecule has 6 heteroatoms. The normalized spacial score (nSPS) is 13.4. The van der Waals surface area contributed by atoms with Crippen LogP contribution in [0.1, 0.15) is 46.0 Å². The maximum Gasteiger partial charge on any atom is 1.00 e. The molecule has 0 aliphatic rings. The summed E-state index contributed by atoms with van der Waals surface area (Å²) in [6.07, 6.45) is 3.79. The predicted octanol–water partition coefficient (Wildman–Crippen LogP) is -1.17. The SMILES string of the molecule is CCCCCC(CC)OS(=O)(=O)[O-].[Na+]. The average Bonchev–Trinajstić information content (AvgIpc) is 2.01. The Morgan fingerprint density at radius 1 is 1.29 bits per heavy atom. The number of rotatable bonds is 7. The van der Waals surface area contributed by atoms with Crippen molar-refractivity contribution in [1.29, 1.82) is 0 Å². The van der Waals surface area contributed by atoms with Gasteiger partial charge in [-0.1, -0.05) is 33.1 Å². The molecule has 0 rings (SSSR count). The van der Waals surface area contributed by atoms with E-state index in [1.165, 1.54) is 0 Å². The largest absolute Gasteiger partial charge is 1.00 e. The summed E-state index contributed by atoms with van der Waals surface area (Å²) in [4.78, 5) is 0. The molecule has 0 N–H and O–H groups in total. The number of hydrogen-bond donors (Lipinski definition) is 0. The van der Waals surface area contributed by atoms with Crippen LogP contribution in [0.3, 0.4) is 0 Å². The Morgan fingerprint density at radius 3 is 2.21 bits per heavy atom. The molecule has 0 radical (unpaired) electrons. The molecule has 1 unspecified atom stereocenters. The van der Waals surface area contributed by atoms with Crippen LogP contribution in [0.2, 0.25) is 0 Å². The van der Waals surface area contributed by atoms with Crippen LogP contribution < -0.4 is 29.6 Å². The molecular weight excluding hydrogens is 215 g/mol. The molecule has 14 heavy (non-hydrogen) atoms. The van der Waals surface area contributed by atoms with E-state index in [0.717, 1.165) is 19.3 Å². The van der Waals surface area contributed by atoms with Gasteiger partial charge in [-0.05, 0) is 12.8 Å². The van der Waals surface area contributed by atoms with Gasteiger partial charge in [0.1, 0.15) is 0 Å². The van der Waals surface area contributed by atoms with Crippen LogP contribution in [0.4, 0.5) is 0 Å². The summed E-state index contributed by atoms with van der Waals surface area (Å²) in [7, 11) is -4.52. The van der Waals surface area contributed by atoms with Gasteiger partial charge in [-0.3, -0.25) is 4.18 Å². The Kier molecular flexibility index (Phi) is 11.3. The van der Waals surface area contributed by atoms with E-state index in [0.29, 0.717) is 12.8 Å². The van der Waals surface area contributed by atoms with Crippen LogP contribution in [0.5, 0.6) is 0 Å². The predicted molar refractivity (Wildman–Crippen MR) is 49.0 cm³/mol. The Morgan fingerprint density at radius 2 is 1.86 bits per heavy atom. The third-order valence-corrected chi connectivity index (χ3v) is 2.35. The zero-order chi connectivity index (χ0) is 10.3. The molecule has 0 aliphatic carbocycles. The van der Waals surface area contributed by atoms with E-state index in [2.05, 4.69) is 11.1 Å². The quantitative estimate of drug-likeness (QED) is 0.240. The molecule has 0 aromatic rings. The molecule has 0 aromatic carbocycles. The zero-order valence-electron chi connectivity index (χ0n) is 9.15. The number of unbranched alkanes of at least 4 members (excludes halogenated alkanes) is 2. The van der Waals surface area contributed by atoms with Gasteiger partial charge in [-0.25, -0.2) is 8.42 Å². The molecule has 0 saturated heterocycles. The van der Waals surface area contributed by atoms with Crippen molar-refractivity contribution in [2.75, 3.05) is 0 Å². The van der Waals surface area contributed by atoms with Crippen molar-refractivity contribution < 1.29 is 46.7 Å². The van der Waals surface area contributed by atoms with E-state index in [-0.39, 0.29) is 29.6 Å². The van der Waals surface area contributed by atoms with Crippen LogP contribution in [0.25, 0.3) is 0 Å². The molecule has 0 bridgehead atoms. The van der Waals surface area contributed by atoms with Gasteiger partial charge in [0.05, 0.1) is 6.10 Å². The van der Waals surface area contributed by atoms with Crippen molar-refractivity contribution in [3.05, 3.63) is 0 Å². The minimum absolute atomic E-state index is 0. The van der Waals surface area contributed by atoms with Crippen molar-refractivity contribution in [3.63, 3.8) is 0 Å². The van der Waals surface area contributed by atoms with Crippen molar-refractivity contribution in [2.45, 2.75) is 52.1 Å². The Balaban J connectivity index is 0. The zero-order valence-corrected chi connectivity index (χ0v) is 12.0. The molecule has 0 amide bonds. The molecule has 80 valence electrons. The molecule has 0 fully saturated rings. The van der Waals surface area contributed by atoms with Crippen molar-refractivity contribution in [3.8, 4) is 0 Å². The summed E-state index contributed by atoms with van der Waals surface area (Å²) in [5.74, 6) is 0. The molecule has 1 atom stereocenters. The molecule has 0 heterocycles. The van der Waals surface area contributed by atoms with Gasteiger partial charge in [-0.15, -0.1) is 0 Å². The minimum atomic E-state index is -4.52. The van der Waals surface area contributed by atoms with E-state index >= 15 is 0 Å². The van der Waals surface area contributed by atoms with Gasteiger partial charge in [-0.2, -0.15) is 0 Å². The second-order valence-corrected chi connectivity index (χ2v) is 4.04. The average molecular weight is 232 g/mol. The van der Waals surface area contributed by atoms with Gasteiger partial charge in [0.2, 0.25) is 10.4 Å². The van der Waals surface area contributed by atoms with E-state index < -0.39 is 16.5 Å². The monoisotopic (exact) mass is 232 g/mol. The maximum absolute atomic E-state index is 10.3. The molecule has 0 aromatic heterocycles. The van der Waals surface area contributed by atoms with Gasteiger partial charge >= 0.3 is 29.6 Å². The maximum atomic E-state index is 10.3. The van der Waals surface area contributed by atoms with Crippen molar-refractivity contribution >= 4 is 10.4 Å². The van der Waals surface area contributed by atoms with Crippen molar-refractivity contribution in [1.82, 2.24) is 0 Å². The first-order valence-corrected chi connectivity index (χ1v) is 5.97. The fraction of sp³-hybridized carbons (Fsp3) is 1.00. The first-order chi connectivity index (χ1) is 5.99. The van der Waals surface area contributed by atoms with E-state index in [4.69, 9.17) is 0 Å². The summed E-state index contributed by atoms with van der Waals surface area (Å²) < 4.78 is 35.1. The third-order valence-electron chi connectivity index (χ3n) is 1.84. The van der Waals surface area contributed by atoms with Gasteiger partial charge in [0.15, 0.2) is 0 Å². The molecule has 4 nitrogen and oxygen atoms in total.